The number of aromatic nitrogens is 1. The molecule has 0 spiro atoms. The van der Waals surface area contributed by atoms with E-state index in [1.165, 1.54) is 6.20 Å². The topological polar surface area (TPSA) is 78.2 Å². The van der Waals surface area contributed by atoms with E-state index < -0.39 is 22.8 Å². The zero-order chi connectivity index (χ0) is 20.4. The van der Waals surface area contributed by atoms with Gasteiger partial charge in [-0.1, -0.05) is 0 Å². The summed E-state index contributed by atoms with van der Waals surface area (Å²) in [7, 11) is 1.72. The Morgan fingerprint density at radius 3 is 2.90 bits per heavy atom. The standard InChI is InChI=1S/C20H23FN4O4/c1-11-7-23-5-3-4-12(23)8-24(11)17-15(21)6-13-16-19(17)29-10-22(2)25(16)9-14(18(13)26)20(27)28/h6,9,11-12H,3-5,7-8,10H2,1-2H3,(H,27,28)/t11-,12?/m0/s1. The Hall–Kier alpha value is -2.81. The largest absolute Gasteiger partial charge is 0.477 e. The molecule has 9 heteroatoms. The van der Waals surface area contributed by atoms with E-state index >= 15 is 4.39 Å². The van der Waals surface area contributed by atoms with Crippen LogP contribution >= 0.6 is 0 Å². The number of rotatable bonds is 2. The normalized spacial score (nSPS) is 24.0. The molecule has 2 aromatic rings. The minimum absolute atomic E-state index is 0.0138. The molecule has 3 aliphatic rings. The van der Waals surface area contributed by atoms with Gasteiger partial charge in [0.2, 0.25) is 5.43 Å². The molecule has 1 aromatic heterocycles. The first-order valence-corrected chi connectivity index (χ1v) is 9.87. The zero-order valence-corrected chi connectivity index (χ0v) is 16.4. The van der Waals surface area contributed by atoms with Gasteiger partial charge < -0.3 is 14.7 Å². The van der Waals surface area contributed by atoms with Gasteiger partial charge in [0.1, 0.15) is 16.8 Å². The van der Waals surface area contributed by atoms with Gasteiger partial charge >= 0.3 is 5.97 Å². The highest BCUT2D eigenvalue weighted by atomic mass is 19.1. The van der Waals surface area contributed by atoms with Crippen molar-refractivity contribution in [3.63, 3.8) is 0 Å². The van der Waals surface area contributed by atoms with E-state index in [2.05, 4.69) is 11.8 Å². The molecule has 0 bridgehead atoms. The number of piperazine rings is 1. The Morgan fingerprint density at radius 2 is 2.14 bits per heavy atom. The highest BCUT2D eigenvalue weighted by molar-refractivity contribution is 5.97. The van der Waals surface area contributed by atoms with Crippen LogP contribution in [0.1, 0.15) is 30.1 Å². The Balaban J connectivity index is 1.74. The number of benzene rings is 1. The third-order valence-corrected chi connectivity index (χ3v) is 6.37. The fourth-order valence-corrected chi connectivity index (χ4v) is 4.94. The van der Waals surface area contributed by atoms with E-state index in [0.717, 1.165) is 32.0 Å². The number of ether oxygens (including phenoxy) is 1. The minimum Gasteiger partial charge on any atom is -0.477 e. The molecule has 3 aliphatic heterocycles. The number of carbonyl (C=O) groups is 1. The van der Waals surface area contributed by atoms with Crippen LogP contribution < -0.4 is 20.1 Å². The van der Waals surface area contributed by atoms with Crippen molar-refractivity contribution in [2.75, 3.05) is 43.3 Å². The van der Waals surface area contributed by atoms with E-state index in [1.54, 1.807) is 16.7 Å². The van der Waals surface area contributed by atoms with Crippen LogP contribution in [0.3, 0.4) is 0 Å². The first kappa shape index (κ1) is 18.2. The third-order valence-electron chi connectivity index (χ3n) is 6.37. The average Bonchev–Trinajstić information content (AvgIpc) is 3.12. The molecule has 2 atom stereocenters. The Labute approximate surface area is 166 Å². The molecule has 2 fully saturated rings. The van der Waals surface area contributed by atoms with E-state index in [0.29, 0.717) is 29.5 Å². The molecule has 5 rings (SSSR count). The van der Waals surface area contributed by atoms with Crippen molar-refractivity contribution >= 4 is 22.6 Å². The summed E-state index contributed by atoms with van der Waals surface area (Å²) in [6, 6.07) is 1.64. The summed E-state index contributed by atoms with van der Waals surface area (Å²) in [6.07, 6.45) is 3.53. The lowest BCUT2D eigenvalue weighted by atomic mass is 10.0. The van der Waals surface area contributed by atoms with Gasteiger partial charge in [0.25, 0.3) is 0 Å². The first-order chi connectivity index (χ1) is 13.9. The summed E-state index contributed by atoms with van der Waals surface area (Å²) < 4.78 is 22.9. The first-order valence-electron chi connectivity index (χ1n) is 9.87. The summed E-state index contributed by atoms with van der Waals surface area (Å²) >= 11 is 0. The maximum atomic E-state index is 15.4. The van der Waals surface area contributed by atoms with Crippen LogP contribution in [0.4, 0.5) is 10.1 Å². The summed E-state index contributed by atoms with van der Waals surface area (Å²) in [5.41, 5.74) is -0.327. The highest BCUT2D eigenvalue weighted by Gasteiger charge is 2.38. The van der Waals surface area contributed by atoms with Crippen molar-refractivity contribution in [2.45, 2.75) is 31.8 Å². The molecule has 0 saturated carbocycles. The highest BCUT2D eigenvalue weighted by Crippen LogP contribution is 2.42. The third kappa shape index (κ3) is 2.60. The SMILES string of the molecule is C[C@H]1CN2CCCC2CN1c1c(F)cc2c(=O)c(C(=O)O)cn3c2c1OCN3C. The molecule has 1 unspecified atom stereocenters. The number of carboxylic acid groups (broad SMARTS) is 1. The minimum atomic E-state index is -1.34. The molecule has 0 amide bonds. The second-order valence-corrected chi connectivity index (χ2v) is 8.18. The lowest BCUT2D eigenvalue weighted by Gasteiger charge is -2.44. The summed E-state index contributed by atoms with van der Waals surface area (Å²) in [5, 5.41) is 11.1. The van der Waals surface area contributed by atoms with Crippen molar-refractivity contribution in [2.24, 2.45) is 0 Å². The van der Waals surface area contributed by atoms with Gasteiger partial charge in [0, 0.05) is 38.4 Å². The van der Waals surface area contributed by atoms with Crippen LogP contribution in [0.2, 0.25) is 0 Å². The molecule has 4 heterocycles. The summed E-state index contributed by atoms with van der Waals surface area (Å²) in [6.45, 7) is 4.83. The van der Waals surface area contributed by atoms with Crippen LogP contribution in [-0.4, -0.2) is 66.1 Å². The average molecular weight is 402 g/mol. The van der Waals surface area contributed by atoms with Crippen molar-refractivity contribution in [1.82, 2.24) is 9.58 Å². The second kappa shape index (κ2) is 6.35. The van der Waals surface area contributed by atoms with E-state index in [-0.39, 0.29) is 18.2 Å². The molecule has 8 nitrogen and oxygen atoms in total. The van der Waals surface area contributed by atoms with Crippen LogP contribution in [0, 0.1) is 5.82 Å². The van der Waals surface area contributed by atoms with Crippen LogP contribution in [0.25, 0.3) is 10.9 Å². The van der Waals surface area contributed by atoms with Crippen molar-refractivity contribution in [3.05, 3.63) is 33.9 Å². The molecule has 1 N–H and O–H groups in total. The van der Waals surface area contributed by atoms with Crippen LogP contribution in [-0.2, 0) is 0 Å². The van der Waals surface area contributed by atoms with Gasteiger partial charge in [-0.2, -0.15) is 0 Å². The monoisotopic (exact) mass is 402 g/mol. The molecular formula is C20H23FN4O4. The number of nitrogens with zero attached hydrogens (tertiary/aromatic N) is 4. The van der Waals surface area contributed by atoms with Crippen LogP contribution in [0.5, 0.6) is 5.75 Å². The quantitative estimate of drug-likeness (QED) is 0.814. The van der Waals surface area contributed by atoms with Gasteiger partial charge in [-0.05, 0) is 32.4 Å². The fourth-order valence-electron chi connectivity index (χ4n) is 4.94. The number of hydrogen-bond donors (Lipinski definition) is 1. The lowest BCUT2D eigenvalue weighted by molar-refractivity contribution is 0.0694. The number of hydrogen-bond acceptors (Lipinski definition) is 6. The Kier molecular flexibility index (Phi) is 3.99. The Bertz CT molecular complexity index is 1080. The van der Waals surface area contributed by atoms with Crippen molar-refractivity contribution in [3.8, 4) is 5.75 Å². The molecule has 2 saturated heterocycles. The van der Waals surface area contributed by atoms with Gasteiger partial charge in [0.15, 0.2) is 18.3 Å². The maximum Gasteiger partial charge on any atom is 0.341 e. The predicted molar refractivity (Wildman–Crippen MR) is 106 cm³/mol. The number of carboxylic acids is 1. The predicted octanol–water partition coefficient (Wildman–Crippen LogP) is 1.43. The maximum absolute atomic E-state index is 15.4. The van der Waals surface area contributed by atoms with Gasteiger partial charge in [0.05, 0.1) is 5.39 Å². The Morgan fingerprint density at radius 1 is 1.34 bits per heavy atom. The molecule has 0 radical (unpaired) electrons. The lowest BCUT2D eigenvalue weighted by Crippen LogP contribution is -2.55. The fraction of sp³-hybridized carbons (Fsp3) is 0.500. The van der Waals surface area contributed by atoms with E-state index in [9.17, 15) is 14.7 Å². The van der Waals surface area contributed by atoms with E-state index in [1.807, 2.05) is 4.90 Å². The second-order valence-electron chi connectivity index (χ2n) is 8.18. The number of pyridine rings is 1. The molecule has 29 heavy (non-hydrogen) atoms. The number of fused-ring (bicyclic) bond motifs is 1. The number of aromatic carboxylic acids is 1. The molecular weight excluding hydrogens is 379 g/mol. The summed E-state index contributed by atoms with van der Waals surface area (Å²) in [5.74, 6) is -1.58. The number of anilines is 1. The van der Waals surface area contributed by atoms with Crippen molar-refractivity contribution in [1.29, 1.82) is 0 Å². The van der Waals surface area contributed by atoms with Gasteiger partial charge in [-0.3, -0.25) is 19.4 Å². The van der Waals surface area contributed by atoms with Gasteiger partial charge in [-0.25, -0.2) is 9.18 Å². The zero-order valence-electron chi connectivity index (χ0n) is 16.4. The van der Waals surface area contributed by atoms with Crippen LogP contribution in [0.15, 0.2) is 17.1 Å². The van der Waals surface area contributed by atoms with Crippen molar-refractivity contribution < 1.29 is 19.0 Å². The molecule has 154 valence electrons. The van der Waals surface area contributed by atoms with E-state index in [4.69, 9.17) is 4.74 Å². The van der Waals surface area contributed by atoms with Gasteiger partial charge in [-0.15, -0.1) is 0 Å². The summed E-state index contributed by atoms with van der Waals surface area (Å²) in [4.78, 5) is 28.7. The molecule has 0 aliphatic carbocycles. The number of halogens is 1. The smallest absolute Gasteiger partial charge is 0.341 e. The molecule has 1 aromatic carbocycles.